The maximum Gasteiger partial charge on any atom is 0.117 e. The van der Waals surface area contributed by atoms with E-state index in [1.807, 2.05) is 0 Å². The zero-order valence-electron chi connectivity index (χ0n) is 14.9. The first-order valence-electron chi connectivity index (χ1n) is 9.40. The molecule has 0 saturated heterocycles. The van der Waals surface area contributed by atoms with Crippen molar-refractivity contribution in [1.82, 2.24) is 10.2 Å². The third kappa shape index (κ3) is 2.57. The van der Waals surface area contributed by atoms with Crippen LogP contribution >= 0.6 is 11.3 Å². The number of thiophene rings is 1. The van der Waals surface area contributed by atoms with E-state index >= 15 is 0 Å². The van der Waals surface area contributed by atoms with Crippen molar-refractivity contribution >= 4 is 23.1 Å². The average Bonchev–Trinajstić information content (AvgIpc) is 3.35. The van der Waals surface area contributed by atoms with Crippen molar-refractivity contribution in [2.45, 2.75) is 31.1 Å². The van der Waals surface area contributed by atoms with Gasteiger partial charge in [0.2, 0.25) is 0 Å². The minimum Gasteiger partial charge on any atom is -0.411 e. The van der Waals surface area contributed by atoms with Gasteiger partial charge in [0, 0.05) is 28.5 Å². The maximum atomic E-state index is 9.58. The van der Waals surface area contributed by atoms with Crippen molar-refractivity contribution in [3.05, 3.63) is 81.3 Å². The summed E-state index contributed by atoms with van der Waals surface area (Å²) in [4.78, 5) is 1.32. The molecule has 2 aliphatic rings. The van der Waals surface area contributed by atoms with Crippen molar-refractivity contribution in [1.29, 1.82) is 0 Å². The summed E-state index contributed by atoms with van der Waals surface area (Å²) in [5.41, 5.74) is 4.79. The Morgan fingerprint density at radius 3 is 2.70 bits per heavy atom. The van der Waals surface area contributed by atoms with Gasteiger partial charge < -0.3 is 5.21 Å². The van der Waals surface area contributed by atoms with E-state index in [2.05, 4.69) is 75.3 Å². The molecule has 2 heterocycles. The van der Waals surface area contributed by atoms with Crippen LogP contribution in [-0.2, 0) is 11.8 Å². The molecule has 136 valence electrons. The van der Waals surface area contributed by atoms with Gasteiger partial charge >= 0.3 is 0 Å². The highest BCUT2D eigenvalue weighted by Crippen LogP contribution is 2.44. The molecule has 0 spiro atoms. The Balaban J connectivity index is 1.60. The Morgan fingerprint density at radius 2 is 2.04 bits per heavy atom. The van der Waals surface area contributed by atoms with Crippen LogP contribution in [0.5, 0.6) is 0 Å². The van der Waals surface area contributed by atoms with Crippen LogP contribution in [0.1, 0.15) is 46.7 Å². The molecule has 0 bridgehead atoms. The van der Waals surface area contributed by atoms with E-state index in [0.717, 1.165) is 41.9 Å². The number of nitrogens with one attached hydrogen (secondary N) is 1. The van der Waals surface area contributed by atoms with Gasteiger partial charge in [-0.25, -0.2) is 0 Å². The van der Waals surface area contributed by atoms with Crippen LogP contribution in [0.4, 0.5) is 0 Å². The fourth-order valence-corrected chi connectivity index (χ4v) is 5.17. The second-order valence-corrected chi connectivity index (χ2v) is 8.35. The van der Waals surface area contributed by atoms with Crippen LogP contribution in [-0.4, -0.2) is 21.1 Å². The first-order chi connectivity index (χ1) is 13.3. The number of aromatic nitrogens is 2. The average molecular weight is 375 g/mol. The molecule has 1 atom stereocenters. The Morgan fingerprint density at radius 1 is 1.19 bits per heavy atom. The maximum absolute atomic E-state index is 9.58. The van der Waals surface area contributed by atoms with Crippen molar-refractivity contribution in [2.24, 2.45) is 11.1 Å². The summed E-state index contributed by atoms with van der Waals surface area (Å²) < 4.78 is 0. The van der Waals surface area contributed by atoms with Gasteiger partial charge in [0.25, 0.3) is 0 Å². The molecule has 1 saturated carbocycles. The highest BCUT2D eigenvalue weighted by atomic mass is 32.1. The first kappa shape index (κ1) is 16.5. The van der Waals surface area contributed by atoms with Gasteiger partial charge in [-0.2, -0.15) is 5.10 Å². The number of rotatable bonds is 4. The van der Waals surface area contributed by atoms with Gasteiger partial charge in [0.15, 0.2) is 0 Å². The SMILES string of the molecule is O/N=C(/c1n[nH]c2c1C=CC(c1ccccc1)(c1cccs1)C2)C1CCC1. The third-order valence-corrected chi connectivity index (χ3v) is 7.01. The predicted octanol–water partition coefficient (Wildman–Crippen LogP) is 5.01. The summed E-state index contributed by atoms with van der Waals surface area (Å²) in [6.07, 6.45) is 8.63. The zero-order valence-corrected chi connectivity index (χ0v) is 15.7. The van der Waals surface area contributed by atoms with E-state index in [4.69, 9.17) is 0 Å². The Hall–Kier alpha value is -2.66. The minimum atomic E-state index is -0.195. The molecular weight excluding hydrogens is 354 g/mol. The Labute approximate surface area is 162 Å². The smallest absolute Gasteiger partial charge is 0.117 e. The van der Waals surface area contributed by atoms with E-state index in [0.29, 0.717) is 5.92 Å². The lowest BCUT2D eigenvalue weighted by molar-refractivity contribution is 0.305. The summed E-state index contributed by atoms with van der Waals surface area (Å²) in [5, 5.41) is 23.1. The lowest BCUT2D eigenvalue weighted by Crippen LogP contribution is -2.30. The van der Waals surface area contributed by atoms with Gasteiger partial charge in [-0.15, -0.1) is 11.3 Å². The zero-order chi connectivity index (χ0) is 18.3. The number of oxime groups is 1. The lowest BCUT2D eigenvalue weighted by Gasteiger charge is -2.33. The molecule has 2 N–H and O–H groups in total. The molecule has 1 unspecified atom stereocenters. The summed E-state index contributed by atoms with van der Waals surface area (Å²) in [6, 6.07) is 15.0. The van der Waals surface area contributed by atoms with Crippen LogP contribution in [0.25, 0.3) is 6.08 Å². The van der Waals surface area contributed by atoms with Crippen LogP contribution in [0.3, 0.4) is 0 Å². The highest BCUT2D eigenvalue weighted by Gasteiger charge is 2.38. The van der Waals surface area contributed by atoms with Crippen LogP contribution in [0.15, 0.2) is 59.1 Å². The van der Waals surface area contributed by atoms with E-state index < -0.39 is 0 Å². The molecule has 1 fully saturated rings. The molecule has 0 radical (unpaired) electrons. The molecule has 4 nitrogen and oxygen atoms in total. The lowest BCUT2D eigenvalue weighted by atomic mass is 9.71. The molecule has 1 aromatic carbocycles. The molecule has 0 amide bonds. The van der Waals surface area contributed by atoms with Crippen molar-refractivity contribution in [3.63, 3.8) is 0 Å². The molecule has 2 aromatic heterocycles. The molecule has 3 aromatic rings. The predicted molar refractivity (Wildman–Crippen MR) is 109 cm³/mol. The molecular formula is C22H21N3OS. The molecule has 5 rings (SSSR count). The fourth-order valence-electron chi connectivity index (χ4n) is 4.24. The van der Waals surface area contributed by atoms with E-state index in [1.54, 1.807) is 11.3 Å². The topological polar surface area (TPSA) is 61.3 Å². The fraction of sp³-hybridized carbons (Fsp3) is 0.273. The van der Waals surface area contributed by atoms with E-state index in [9.17, 15) is 5.21 Å². The van der Waals surface area contributed by atoms with Gasteiger partial charge in [0.05, 0.1) is 5.41 Å². The van der Waals surface area contributed by atoms with Crippen molar-refractivity contribution in [2.75, 3.05) is 0 Å². The second kappa shape index (κ2) is 6.50. The largest absolute Gasteiger partial charge is 0.411 e. The van der Waals surface area contributed by atoms with Crippen molar-refractivity contribution < 1.29 is 5.21 Å². The highest BCUT2D eigenvalue weighted by molar-refractivity contribution is 7.10. The Kier molecular flexibility index (Phi) is 3.97. The summed E-state index contributed by atoms with van der Waals surface area (Å²) in [6.45, 7) is 0. The summed E-state index contributed by atoms with van der Waals surface area (Å²) in [7, 11) is 0. The van der Waals surface area contributed by atoms with E-state index in [-0.39, 0.29) is 5.41 Å². The van der Waals surface area contributed by atoms with Crippen molar-refractivity contribution in [3.8, 4) is 0 Å². The number of nitrogens with zero attached hydrogens (tertiary/aromatic N) is 2. The van der Waals surface area contributed by atoms with Gasteiger partial charge in [-0.05, 0) is 29.9 Å². The number of fused-ring (bicyclic) bond motifs is 1. The number of hydrogen-bond acceptors (Lipinski definition) is 4. The van der Waals surface area contributed by atoms with Gasteiger partial charge in [-0.1, -0.05) is 60.1 Å². The minimum absolute atomic E-state index is 0.195. The number of allylic oxidation sites excluding steroid dienone is 1. The number of hydrogen-bond donors (Lipinski definition) is 2. The summed E-state index contributed by atoms with van der Waals surface area (Å²) >= 11 is 1.78. The number of aromatic amines is 1. The quantitative estimate of drug-likeness (QED) is 0.383. The normalized spacial score (nSPS) is 22.4. The van der Waals surface area contributed by atoms with Crippen LogP contribution in [0.2, 0.25) is 0 Å². The van der Waals surface area contributed by atoms with Crippen LogP contribution in [0, 0.1) is 5.92 Å². The molecule has 5 heteroatoms. The molecule has 2 aliphatic carbocycles. The van der Waals surface area contributed by atoms with Gasteiger partial charge in [-0.3, -0.25) is 5.10 Å². The summed E-state index contributed by atoms with van der Waals surface area (Å²) in [5.74, 6) is 0.328. The number of benzene rings is 1. The molecule has 27 heavy (non-hydrogen) atoms. The second-order valence-electron chi connectivity index (χ2n) is 7.40. The Bertz CT molecular complexity index is 1000. The van der Waals surface area contributed by atoms with E-state index in [1.165, 1.54) is 16.9 Å². The monoisotopic (exact) mass is 375 g/mol. The molecule has 0 aliphatic heterocycles. The first-order valence-corrected chi connectivity index (χ1v) is 10.3. The van der Waals surface area contributed by atoms with Gasteiger partial charge in [0.1, 0.15) is 11.4 Å². The third-order valence-electron chi connectivity index (χ3n) is 5.97. The van der Waals surface area contributed by atoms with Crippen LogP contribution < -0.4 is 0 Å². The number of H-pyrrole nitrogens is 1. The standard InChI is InChI=1S/C22H21N3OS/c26-25-20(15-6-4-7-15)21-17-11-12-22(14-18(17)23-24-21,19-10-5-13-27-19)16-8-2-1-3-9-16/h1-3,5,8-13,15,26H,4,6-7,14H2,(H,23,24)/b25-20+.